The minimum atomic E-state index is 0.706. The first-order chi connectivity index (χ1) is 9.67. The Balaban J connectivity index is 2.53. The van der Waals surface area contributed by atoms with Crippen LogP contribution in [0, 0.1) is 6.92 Å². The summed E-state index contributed by atoms with van der Waals surface area (Å²) in [5, 5.41) is 3.09. The Morgan fingerprint density at radius 3 is 2.65 bits per heavy atom. The molecule has 0 amide bonds. The summed E-state index contributed by atoms with van der Waals surface area (Å²) in [5.74, 6) is 2.35. The maximum absolute atomic E-state index is 5.45. The summed E-state index contributed by atoms with van der Waals surface area (Å²) in [6, 6.07) is 8.06. The fourth-order valence-electron chi connectivity index (χ4n) is 2.11. The van der Waals surface area contributed by atoms with Gasteiger partial charge in [-0.1, -0.05) is 19.4 Å². The number of rotatable bonds is 5. The number of aryl methyl sites for hydroxylation is 2. The van der Waals surface area contributed by atoms with Crippen LogP contribution in [0.25, 0.3) is 11.4 Å². The molecule has 4 nitrogen and oxygen atoms in total. The van der Waals surface area contributed by atoms with Crippen molar-refractivity contribution in [2.24, 2.45) is 0 Å². The Labute approximate surface area is 120 Å². The summed E-state index contributed by atoms with van der Waals surface area (Å²) >= 11 is 0. The minimum absolute atomic E-state index is 0.706. The fraction of sp³-hybridized carbons (Fsp3) is 0.375. The molecule has 0 radical (unpaired) electrons. The van der Waals surface area contributed by atoms with Gasteiger partial charge in [-0.15, -0.1) is 0 Å². The van der Waals surface area contributed by atoms with Gasteiger partial charge in [0.1, 0.15) is 11.6 Å². The van der Waals surface area contributed by atoms with Crippen LogP contribution < -0.4 is 10.1 Å². The highest BCUT2D eigenvalue weighted by molar-refractivity contribution is 5.66. The molecule has 1 heterocycles. The van der Waals surface area contributed by atoms with E-state index in [1.807, 2.05) is 38.2 Å². The quantitative estimate of drug-likeness (QED) is 0.904. The average molecular weight is 271 g/mol. The van der Waals surface area contributed by atoms with E-state index in [9.17, 15) is 0 Å². The highest BCUT2D eigenvalue weighted by Crippen LogP contribution is 2.29. The van der Waals surface area contributed by atoms with Gasteiger partial charge in [-0.3, -0.25) is 0 Å². The lowest BCUT2D eigenvalue weighted by Gasteiger charge is -2.11. The Morgan fingerprint density at radius 1 is 1.20 bits per heavy atom. The first kappa shape index (κ1) is 14.3. The second kappa shape index (κ2) is 6.37. The number of anilines is 1. The molecule has 4 heteroatoms. The molecule has 2 rings (SSSR count). The standard InChI is InChI=1S/C16H21N3O/c1-5-6-12-10-15(17-3)19-16(18-12)13-8-7-11(2)9-14(13)20-4/h7-10H,5-6H2,1-4H3,(H,17,18,19). The first-order valence-corrected chi connectivity index (χ1v) is 6.88. The van der Waals surface area contributed by atoms with Gasteiger partial charge < -0.3 is 10.1 Å². The largest absolute Gasteiger partial charge is 0.496 e. The number of nitrogens with zero attached hydrogens (tertiary/aromatic N) is 2. The zero-order chi connectivity index (χ0) is 14.5. The second-order valence-electron chi connectivity index (χ2n) is 4.77. The van der Waals surface area contributed by atoms with Crippen molar-refractivity contribution in [3.05, 3.63) is 35.5 Å². The van der Waals surface area contributed by atoms with Crippen molar-refractivity contribution in [2.45, 2.75) is 26.7 Å². The molecule has 1 aromatic heterocycles. The van der Waals surface area contributed by atoms with E-state index in [0.717, 1.165) is 41.2 Å². The predicted molar refractivity (Wildman–Crippen MR) is 82.3 cm³/mol. The molecule has 0 bridgehead atoms. The number of aromatic nitrogens is 2. The molecule has 0 saturated carbocycles. The van der Waals surface area contributed by atoms with Crippen molar-refractivity contribution >= 4 is 5.82 Å². The van der Waals surface area contributed by atoms with Crippen LogP contribution in [0.15, 0.2) is 24.3 Å². The molecular weight excluding hydrogens is 250 g/mol. The Hall–Kier alpha value is -2.10. The van der Waals surface area contributed by atoms with Crippen LogP contribution in [0.3, 0.4) is 0 Å². The van der Waals surface area contributed by atoms with Gasteiger partial charge in [0, 0.05) is 18.8 Å². The van der Waals surface area contributed by atoms with Crippen LogP contribution in [0.4, 0.5) is 5.82 Å². The van der Waals surface area contributed by atoms with Gasteiger partial charge in [0.2, 0.25) is 0 Å². The molecule has 2 aromatic rings. The normalized spacial score (nSPS) is 10.4. The number of methoxy groups -OCH3 is 1. The van der Waals surface area contributed by atoms with E-state index in [1.165, 1.54) is 0 Å². The number of benzene rings is 1. The summed E-state index contributed by atoms with van der Waals surface area (Å²) in [7, 11) is 3.54. The molecule has 0 aliphatic carbocycles. The molecule has 1 N–H and O–H groups in total. The summed E-state index contributed by atoms with van der Waals surface area (Å²) in [6.07, 6.45) is 2.00. The molecule has 1 aromatic carbocycles. The van der Waals surface area contributed by atoms with Crippen molar-refractivity contribution in [1.29, 1.82) is 0 Å². The Bertz CT molecular complexity index is 596. The van der Waals surface area contributed by atoms with Crippen LogP contribution >= 0.6 is 0 Å². The van der Waals surface area contributed by atoms with Gasteiger partial charge in [0.15, 0.2) is 5.82 Å². The van der Waals surface area contributed by atoms with Crippen LogP contribution in [0.1, 0.15) is 24.6 Å². The van der Waals surface area contributed by atoms with Crippen LogP contribution in [-0.2, 0) is 6.42 Å². The van der Waals surface area contributed by atoms with Crippen molar-refractivity contribution in [3.8, 4) is 17.1 Å². The number of nitrogens with one attached hydrogen (secondary N) is 1. The van der Waals surface area contributed by atoms with E-state index in [0.29, 0.717) is 5.82 Å². The molecule has 106 valence electrons. The smallest absolute Gasteiger partial charge is 0.165 e. The number of hydrogen-bond donors (Lipinski definition) is 1. The van der Waals surface area contributed by atoms with Crippen molar-refractivity contribution in [3.63, 3.8) is 0 Å². The van der Waals surface area contributed by atoms with Crippen LogP contribution in [0.5, 0.6) is 5.75 Å². The second-order valence-corrected chi connectivity index (χ2v) is 4.77. The van der Waals surface area contributed by atoms with Crippen LogP contribution in [0.2, 0.25) is 0 Å². The molecule has 0 saturated heterocycles. The fourth-order valence-corrected chi connectivity index (χ4v) is 2.11. The maximum atomic E-state index is 5.45. The van der Waals surface area contributed by atoms with Gasteiger partial charge in [0.25, 0.3) is 0 Å². The molecule has 0 aliphatic heterocycles. The first-order valence-electron chi connectivity index (χ1n) is 6.88. The SMILES string of the molecule is CCCc1cc(NC)nc(-c2ccc(C)cc2OC)n1. The van der Waals surface area contributed by atoms with Gasteiger partial charge in [0.05, 0.1) is 12.7 Å². The molecule has 20 heavy (non-hydrogen) atoms. The predicted octanol–water partition coefficient (Wildman–Crippen LogP) is 3.45. The zero-order valence-corrected chi connectivity index (χ0v) is 12.5. The third-order valence-corrected chi connectivity index (χ3v) is 3.14. The maximum Gasteiger partial charge on any atom is 0.165 e. The Kier molecular flexibility index (Phi) is 4.56. The minimum Gasteiger partial charge on any atom is -0.496 e. The van der Waals surface area contributed by atoms with E-state index in [2.05, 4.69) is 22.2 Å². The van der Waals surface area contributed by atoms with Crippen molar-refractivity contribution < 1.29 is 4.74 Å². The lowest BCUT2D eigenvalue weighted by atomic mass is 10.1. The van der Waals surface area contributed by atoms with Crippen LogP contribution in [-0.4, -0.2) is 24.1 Å². The van der Waals surface area contributed by atoms with E-state index in [4.69, 9.17) is 4.74 Å². The molecule has 0 fully saturated rings. The highest BCUT2D eigenvalue weighted by atomic mass is 16.5. The number of ether oxygens (including phenoxy) is 1. The summed E-state index contributed by atoms with van der Waals surface area (Å²) in [5.41, 5.74) is 3.13. The van der Waals surface area contributed by atoms with E-state index in [-0.39, 0.29) is 0 Å². The Morgan fingerprint density at radius 2 is 2.00 bits per heavy atom. The lowest BCUT2D eigenvalue weighted by Crippen LogP contribution is -2.02. The third kappa shape index (κ3) is 3.07. The van der Waals surface area contributed by atoms with Gasteiger partial charge >= 0.3 is 0 Å². The van der Waals surface area contributed by atoms with Crippen molar-refractivity contribution in [2.75, 3.05) is 19.5 Å². The van der Waals surface area contributed by atoms with Gasteiger partial charge in [-0.25, -0.2) is 9.97 Å². The average Bonchev–Trinajstić information content (AvgIpc) is 2.47. The third-order valence-electron chi connectivity index (χ3n) is 3.14. The number of hydrogen-bond acceptors (Lipinski definition) is 4. The molecule has 0 atom stereocenters. The molecule has 0 unspecified atom stereocenters. The molecular formula is C16H21N3O. The van der Waals surface area contributed by atoms with Crippen molar-refractivity contribution in [1.82, 2.24) is 9.97 Å². The van der Waals surface area contributed by atoms with E-state index >= 15 is 0 Å². The van der Waals surface area contributed by atoms with E-state index in [1.54, 1.807) is 7.11 Å². The summed E-state index contributed by atoms with van der Waals surface area (Å²) in [6.45, 7) is 4.19. The van der Waals surface area contributed by atoms with Gasteiger partial charge in [-0.2, -0.15) is 0 Å². The topological polar surface area (TPSA) is 47.0 Å². The molecule has 0 aliphatic rings. The van der Waals surface area contributed by atoms with Gasteiger partial charge in [-0.05, 0) is 31.0 Å². The monoisotopic (exact) mass is 271 g/mol. The highest BCUT2D eigenvalue weighted by Gasteiger charge is 2.11. The van der Waals surface area contributed by atoms with E-state index < -0.39 is 0 Å². The summed E-state index contributed by atoms with van der Waals surface area (Å²) < 4.78 is 5.45. The lowest BCUT2D eigenvalue weighted by molar-refractivity contribution is 0.416. The summed E-state index contributed by atoms with van der Waals surface area (Å²) in [4.78, 5) is 9.19. The zero-order valence-electron chi connectivity index (χ0n) is 12.5. The molecule has 0 spiro atoms.